The molecule has 4 rings (SSSR count). The summed E-state index contributed by atoms with van der Waals surface area (Å²) in [6.45, 7) is 4.89. The summed E-state index contributed by atoms with van der Waals surface area (Å²) in [4.78, 5) is 19.9. The summed E-state index contributed by atoms with van der Waals surface area (Å²) >= 11 is 0. The summed E-state index contributed by atoms with van der Waals surface area (Å²) in [6.07, 6.45) is 2.75. The number of hydrogen-bond acceptors (Lipinski definition) is 6. The Bertz CT molecular complexity index is 1200. The number of aromatic nitrogens is 3. The van der Waals surface area contributed by atoms with E-state index in [9.17, 15) is 4.79 Å². The van der Waals surface area contributed by atoms with Gasteiger partial charge < -0.3 is 19.1 Å². The minimum Gasteiger partial charge on any atom is -0.496 e. The minimum absolute atomic E-state index is 0.0134. The lowest BCUT2D eigenvalue weighted by molar-refractivity contribution is 0.0774. The summed E-state index contributed by atoms with van der Waals surface area (Å²) in [5.74, 6) is 2.02. The quantitative estimate of drug-likeness (QED) is 0.609. The monoisotopic (exact) mass is 436 g/mol. The van der Waals surface area contributed by atoms with Gasteiger partial charge in [-0.15, -0.1) is 0 Å². The predicted octanol–water partition coefficient (Wildman–Crippen LogP) is 3.54. The van der Waals surface area contributed by atoms with E-state index in [1.165, 1.54) is 0 Å². The van der Waals surface area contributed by atoms with E-state index >= 15 is 0 Å². The van der Waals surface area contributed by atoms with Gasteiger partial charge in [0.15, 0.2) is 5.65 Å². The molecule has 8 nitrogen and oxygen atoms in total. The first-order valence-corrected chi connectivity index (χ1v) is 10.5. The van der Waals surface area contributed by atoms with Crippen molar-refractivity contribution in [1.82, 2.24) is 19.7 Å². The SMILES string of the molecule is COc1cc(OC)c(C2=CCN(C(=O)c3cc(C)nc4c3c(C)nn4C)CC2)c(OC)c1. The van der Waals surface area contributed by atoms with Crippen molar-refractivity contribution in [2.75, 3.05) is 34.4 Å². The molecular formula is C24H28N4O4. The number of carbonyl (C=O) groups is 1. The summed E-state index contributed by atoms with van der Waals surface area (Å²) in [5, 5.41) is 5.27. The third-order valence-electron chi connectivity index (χ3n) is 5.86. The molecule has 0 aliphatic carbocycles. The van der Waals surface area contributed by atoms with E-state index in [-0.39, 0.29) is 5.91 Å². The third kappa shape index (κ3) is 3.66. The van der Waals surface area contributed by atoms with Crippen LogP contribution in [-0.2, 0) is 7.05 Å². The molecular weight excluding hydrogens is 408 g/mol. The number of ether oxygens (including phenoxy) is 3. The van der Waals surface area contributed by atoms with Gasteiger partial charge in [-0.2, -0.15) is 5.10 Å². The standard InChI is InChI=1S/C24H28N4O4/c1-14-11-18(21-15(2)26-27(3)23(21)25-14)24(29)28-9-7-16(8-10-28)22-19(31-5)12-17(30-4)13-20(22)32-6/h7,11-13H,8-10H2,1-6H3. The van der Waals surface area contributed by atoms with Crippen LogP contribution in [0.5, 0.6) is 17.2 Å². The van der Waals surface area contributed by atoms with Gasteiger partial charge in [-0.05, 0) is 31.9 Å². The van der Waals surface area contributed by atoms with E-state index in [1.54, 1.807) is 26.0 Å². The molecule has 0 saturated carbocycles. The molecule has 168 valence electrons. The van der Waals surface area contributed by atoms with Crippen LogP contribution in [0.25, 0.3) is 16.6 Å². The van der Waals surface area contributed by atoms with Crippen molar-refractivity contribution in [2.24, 2.45) is 7.05 Å². The fourth-order valence-electron chi connectivity index (χ4n) is 4.31. The van der Waals surface area contributed by atoms with Gasteiger partial charge in [0, 0.05) is 38.0 Å². The first kappa shape index (κ1) is 21.7. The highest BCUT2D eigenvalue weighted by molar-refractivity contribution is 6.06. The lowest BCUT2D eigenvalue weighted by Gasteiger charge is -2.28. The minimum atomic E-state index is -0.0134. The third-order valence-corrected chi connectivity index (χ3v) is 5.86. The van der Waals surface area contributed by atoms with Crippen LogP contribution in [-0.4, -0.2) is 60.0 Å². The second-order valence-corrected chi connectivity index (χ2v) is 7.86. The fraction of sp³-hybridized carbons (Fsp3) is 0.375. The van der Waals surface area contributed by atoms with E-state index in [1.807, 2.05) is 44.0 Å². The highest BCUT2D eigenvalue weighted by Crippen LogP contribution is 2.41. The molecule has 0 spiro atoms. The Balaban J connectivity index is 1.67. The lowest BCUT2D eigenvalue weighted by atomic mass is 9.96. The van der Waals surface area contributed by atoms with Gasteiger partial charge in [0.1, 0.15) is 17.2 Å². The number of amides is 1. The first-order valence-electron chi connectivity index (χ1n) is 10.5. The van der Waals surface area contributed by atoms with Crippen molar-refractivity contribution < 1.29 is 19.0 Å². The normalized spacial score (nSPS) is 13.8. The molecule has 0 atom stereocenters. The Hall–Kier alpha value is -3.55. The van der Waals surface area contributed by atoms with Crippen molar-refractivity contribution in [1.29, 1.82) is 0 Å². The Morgan fingerprint density at radius 3 is 2.28 bits per heavy atom. The van der Waals surface area contributed by atoms with Gasteiger partial charge in [-0.1, -0.05) is 6.08 Å². The maximum atomic E-state index is 13.5. The van der Waals surface area contributed by atoms with E-state index < -0.39 is 0 Å². The smallest absolute Gasteiger partial charge is 0.255 e. The van der Waals surface area contributed by atoms with Crippen LogP contribution in [0.4, 0.5) is 0 Å². The summed E-state index contributed by atoms with van der Waals surface area (Å²) in [5.41, 5.74) is 4.96. The van der Waals surface area contributed by atoms with Crippen LogP contribution in [0.3, 0.4) is 0 Å². The molecule has 3 aromatic rings. The molecule has 0 fully saturated rings. The average molecular weight is 437 g/mol. The largest absolute Gasteiger partial charge is 0.496 e. The van der Waals surface area contributed by atoms with Crippen molar-refractivity contribution in [3.8, 4) is 17.2 Å². The highest BCUT2D eigenvalue weighted by Gasteiger charge is 2.26. The number of benzene rings is 1. The Kier molecular flexibility index (Phi) is 5.78. The Morgan fingerprint density at radius 1 is 1.03 bits per heavy atom. The number of methoxy groups -OCH3 is 3. The number of pyridine rings is 1. The van der Waals surface area contributed by atoms with E-state index in [0.717, 1.165) is 33.6 Å². The second kappa shape index (κ2) is 8.53. The number of rotatable bonds is 5. The maximum Gasteiger partial charge on any atom is 0.255 e. The Labute approximate surface area is 187 Å². The zero-order valence-corrected chi connectivity index (χ0v) is 19.4. The summed E-state index contributed by atoms with van der Waals surface area (Å²) in [6, 6.07) is 5.55. The predicted molar refractivity (Wildman–Crippen MR) is 123 cm³/mol. The molecule has 0 unspecified atom stereocenters. The van der Waals surface area contributed by atoms with E-state index in [4.69, 9.17) is 14.2 Å². The van der Waals surface area contributed by atoms with Crippen molar-refractivity contribution >= 4 is 22.5 Å². The molecule has 0 N–H and O–H groups in total. The van der Waals surface area contributed by atoms with Crippen LogP contribution in [0.1, 0.15) is 33.7 Å². The van der Waals surface area contributed by atoms with Gasteiger partial charge in [-0.3, -0.25) is 9.48 Å². The number of carbonyl (C=O) groups excluding carboxylic acids is 1. The molecule has 3 heterocycles. The molecule has 1 amide bonds. The number of nitrogens with zero attached hydrogens (tertiary/aromatic N) is 4. The van der Waals surface area contributed by atoms with Crippen molar-refractivity contribution in [3.05, 3.63) is 46.8 Å². The molecule has 1 aliphatic rings. The molecule has 0 saturated heterocycles. The zero-order valence-electron chi connectivity index (χ0n) is 19.4. The van der Waals surface area contributed by atoms with Gasteiger partial charge in [0.05, 0.1) is 43.5 Å². The summed E-state index contributed by atoms with van der Waals surface area (Å²) in [7, 11) is 6.72. The average Bonchev–Trinajstić information content (AvgIpc) is 3.10. The number of aryl methyl sites for hydroxylation is 3. The van der Waals surface area contributed by atoms with Gasteiger partial charge in [0.2, 0.25) is 0 Å². The van der Waals surface area contributed by atoms with Gasteiger partial charge in [0.25, 0.3) is 5.91 Å². The highest BCUT2D eigenvalue weighted by atomic mass is 16.5. The van der Waals surface area contributed by atoms with Crippen LogP contribution >= 0.6 is 0 Å². The zero-order chi connectivity index (χ0) is 23.0. The number of hydrogen-bond donors (Lipinski definition) is 0. The molecule has 1 aromatic carbocycles. The van der Waals surface area contributed by atoms with Crippen LogP contribution in [0.2, 0.25) is 0 Å². The van der Waals surface area contributed by atoms with E-state index in [0.29, 0.717) is 42.3 Å². The molecule has 8 heteroatoms. The second-order valence-electron chi connectivity index (χ2n) is 7.86. The number of fused-ring (bicyclic) bond motifs is 1. The fourth-order valence-corrected chi connectivity index (χ4v) is 4.31. The molecule has 0 radical (unpaired) electrons. The van der Waals surface area contributed by atoms with Gasteiger partial charge in [-0.25, -0.2) is 4.98 Å². The van der Waals surface area contributed by atoms with Crippen molar-refractivity contribution in [3.63, 3.8) is 0 Å². The first-order chi connectivity index (χ1) is 15.4. The molecule has 0 bridgehead atoms. The molecule has 32 heavy (non-hydrogen) atoms. The lowest BCUT2D eigenvalue weighted by Crippen LogP contribution is -2.35. The van der Waals surface area contributed by atoms with Crippen molar-refractivity contribution in [2.45, 2.75) is 20.3 Å². The topological polar surface area (TPSA) is 78.7 Å². The van der Waals surface area contributed by atoms with Gasteiger partial charge >= 0.3 is 0 Å². The Morgan fingerprint density at radius 2 is 1.72 bits per heavy atom. The van der Waals surface area contributed by atoms with Crippen LogP contribution in [0.15, 0.2) is 24.3 Å². The van der Waals surface area contributed by atoms with Crippen LogP contribution < -0.4 is 14.2 Å². The maximum absolute atomic E-state index is 13.5. The van der Waals surface area contributed by atoms with Crippen LogP contribution in [0, 0.1) is 13.8 Å². The van der Waals surface area contributed by atoms with E-state index in [2.05, 4.69) is 16.2 Å². The molecule has 2 aromatic heterocycles. The summed E-state index contributed by atoms with van der Waals surface area (Å²) < 4.78 is 18.3. The molecule has 1 aliphatic heterocycles.